The van der Waals surface area contributed by atoms with Gasteiger partial charge in [0.05, 0.1) is 18.6 Å². The summed E-state index contributed by atoms with van der Waals surface area (Å²) in [5.41, 5.74) is 3.49. The number of aryl methyl sites for hydroxylation is 1. The van der Waals surface area contributed by atoms with Crippen molar-refractivity contribution in [3.63, 3.8) is 0 Å². The number of nitrogens with zero attached hydrogens (tertiary/aromatic N) is 3. The van der Waals surface area contributed by atoms with E-state index in [4.69, 9.17) is 4.74 Å². The first-order valence-corrected chi connectivity index (χ1v) is 11.7. The SMILES string of the molecule is CCCCN(C)C(=O)[C@H]1c2ccccc2C(=O)N(CCOC)C1c1cn(C)c2ccccc12. The number of hydrogen-bond donors (Lipinski definition) is 0. The first kappa shape index (κ1) is 23.1. The third-order valence-corrected chi connectivity index (χ3v) is 6.71. The number of aromatic nitrogens is 1. The molecule has 2 atom stereocenters. The van der Waals surface area contributed by atoms with Gasteiger partial charge in [0.25, 0.3) is 5.91 Å². The van der Waals surface area contributed by atoms with Crippen molar-refractivity contribution in [1.82, 2.24) is 14.4 Å². The molecule has 1 unspecified atom stereocenters. The minimum absolute atomic E-state index is 0.0451. The Balaban J connectivity index is 1.92. The van der Waals surface area contributed by atoms with Crippen LogP contribution in [0.3, 0.4) is 0 Å². The molecule has 1 aliphatic heterocycles. The normalized spacial score (nSPS) is 17.9. The highest BCUT2D eigenvalue weighted by Gasteiger charge is 2.45. The number of para-hydroxylation sites is 1. The number of unbranched alkanes of at least 4 members (excludes halogenated alkanes) is 1. The van der Waals surface area contributed by atoms with Crippen LogP contribution in [0.2, 0.25) is 0 Å². The number of carbonyl (C=O) groups is 2. The predicted molar refractivity (Wildman–Crippen MR) is 130 cm³/mol. The van der Waals surface area contributed by atoms with Crippen LogP contribution >= 0.6 is 0 Å². The number of amides is 2. The van der Waals surface area contributed by atoms with Gasteiger partial charge in [-0.05, 0) is 24.1 Å². The monoisotopic (exact) mass is 447 g/mol. The third kappa shape index (κ3) is 4.15. The summed E-state index contributed by atoms with van der Waals surface area (Å²) in [6.45, 7) is 3.64. The average Bonchev–Trinajstić information content (AvgIpc) is 3.17. The summed E-state index contributed by atoms with van der Waals surface area (Å²) in [5.74, 6) is -0.493. The van der Waals surface area contributed by atoms with Gasteiger partial charge < -0.3 is 19.1 Å². The molecule has 6 heteroatoms. The molecular weight excluding hydrogens is 414 g/mol. The highest BCUT2D eigenvalue weighted by Crippen LogP contribution is 2.45. The summed E-state index contributed by atoms with van der Waals surface area (Å²) in [6, 6.07) is 15.3. The van der Waals surface area contributed by atoms with E-state index in [2.05, 4.69) is 29.8 Å². The Morgan fingerprint density at radius 1 is 1.09 bits per heavy atom. The Hall–Kier alpha value is -3.12. The van der Waals surface area contributed by atoms with Gasteiger partial charge in [0, 0.05) is 62.5 Å². The van der Waals surface area contributed by atoms with E-state index in [0.717, 1.165) is 34.9 Å². The van der Waals surface area contributed by atoms with Gasteiger partial charge in [-0.3, -0.25) is 9.59 Å². The summed E-state index contributed by atoms with van der Waals surface area (Å²) in [4.78, 5) is 31.3. The second kappa shape index (κ2) is 9.79. The molecule has 0 saturated heterocycles. The fourth-order valence-corrected chi connectivity index (χ4v) is 4.99. The Labute approximate surface area is 195 Å². The second-order valence-corrected chi connectivity index (χ2v) is 8.83. The zero-order valence-corrected chi connectivity index (χ0v) is 20.0. The molecule has 3 aromatic rings. The largest absolute Gasteiger partial charge is 0.383 e. The average molecular weight is 448 g/mol. The summed E-state index contributed by atoms with van der Waals surface area (Å²) < 4.78 is 7.44. The molecule has 0 spiro atoms. The summed E-state index contributed by atoms with van der Waals surface area (Å²) in [7, 11) is 5.52. The molecule has 2 amide bonds. The molecule has 0 fully saturated rings. The maximum Gasteiger partial charge on any atom is 0.254 e. The molecule has 1 aliphatic rings. The van der Waals surface area contributed by atoms with Crippen LogP contribution in [-0.4, -0.2) is 60.0 Å². The van der Waals surface area contributed by atoms with Crippen molar-refractivity contribution in [2.45, 2.75) is 31.7 Å². The zero-order chi connectivity index (χ0) is 23.5. The van der Waals surface area contributed by atoms with E-state index < -0.39 is 12.0 Å². The van der Waals surface area contributed by atoms with E-state index in [1.165, 1.54) is 0 Å². The van der Waals surface area contributed by atoms with E-state index >= 15 is 0 Å². The maximum absolute atomic E-state index is 14.0. The van der Waals surface area contributed by atoms with Crippen LogP contribution in [0.1, 0.15) is 53.2 Å². The molecule has 174 valence electrons. The van der Waals surface area contributed by atoms with Gasteiger partial charge in [-0.15, -0.1) is 0 Å². The van der Waals surface area contributed by atoms with E-state index in [1.54, 1.807) is 7.11 Å². The number of fused-ring (bicyclic) bond motifs is 2. The lowest BCUT2D eigenvalue weighted by Crippen LogP contribution is -2.48. The lowest BCUT2D eigenvalue weighted by atomic mass is 9.78. The molecule has 2 heterocycles. The van der Waals surface area contributed by atoms with Crippen LogP contribution in [0.5, 0.6) is 0 Å². The first-order chi connectivity index (χ1) is 16.0. The van der Waals surface area contributed by atoms with Crippen LogP contribution in [0.15, 0.2) is 54.7 Å². The van der Waals surface area contributed by atoms with Crippen molar-refractivity contribution in [1.29, 1.82) is 0 Å². The molecule has 1 aromatic heterocycles. The third-order valence-electron chi connectivity index (χ3n) is 6.71. The summed E-state index contributed by atoms with van der Waals surface area (Å²) in [5, 5.41) is 1.06. The molecule has 6 nitrogen and oxygen atoms in total. The minimum Gasteiger partial charge on any atom is -0.383 e. The fraction of sp³-hybridized carbons (Fsp3) is 0.407. The number of carbonyl (C=O) groups excluding carboxylic acids is 2. The Morgan fingerprint density at radius 2 is 1.82 bits per heavy atom. The molecule has 33 heavy (non-hydrogen) atoms. The number of methoxy groups -OCH3 is 1. The molecular formula is C27H33N3O3. The van der Waals surface area contributed by atoms with Gasteiger partial charge in [-0.2, -0.15) is 0 Å². The van der Waals surface area contributed by atoms with Crippen LogP contribution in [0, 0.1) is 0 Å². The van der Waals surface area contributed by atoms with Crippen molar-refractivity contribution in [2.24, 2.45) is 7.05 Å². The van der Waals surface area contributed by atoms with Crippen LogP contribution in [0.25, 0.3) is 10.9 Å². The lowest BCUT2D eigenvalue weighted by Gasteiger charge is -2.42. The molecule has 0 radical (unpaired) electrons. The van der Waals surface area contributed by atoms with Gasteiger partial charge in [0.2, 0.25) is 5.91 Å². The van der Waals surface area contributed by atoms with Gasteiger partial charge in [0.1, 0.15) is 0 Å². The number of benzene rings is 2. The Bertz CT molecular complexity index is 1150. The Morgan fingerprint density at radius 3 is 2.58 bits per heavy atom. The highest BCUT2D eigenvalue weighted by molar-refractivity contribution is 6.02. The molecule has 2 aromatic carbocycles. The van der Waals surface area contributed by atoms with Gasteiger partial charge in [0.15, 0.2) is 0 Å². The van der Waals surface area contributed by atoms with Gasteiger partial charge in [-0.1, -0.05) is 49.7 Å². The topological polar surface area (TPSA) is 54.8 Å². The molecule has 0 aliphatic carbocycles. The van der Waals surface area contributed by atoms with E-state index in [0.29, 0.717) is 25.3 Å². The minimum atomic E-state index is -0.483. The smallest absolute Gasteiger partial charge is 0.254 e. The fourth-order valence-electron chi connectivity index (χ4n) is 4.99. The Kier molecular flexibility index (Phi) is 6.84. The predicted octanol–water partition coefficient (Wildman–Crippen LogP) is 4.36. The number of ether oxygens (including phenoxy) is 1. The molecule has 4 rings (SSSR count). The zero-order valence-electron chi connectivity index (χ0n) is 20.0. The quantitative estimate of drug-likeness (QED) is 0.515. The van der Waals surface area contributed by atoms with Crippen molar-refractivity contribution < 1.29 is 14.3 Å². The number of likely N-dealkylation sites (N-methyl/N-ethyl adjacent to an activating group) is 1. The van der Waals surface area contributed by atoms with E-state index in [-0.39, 0.29) is 11.8 Å². The van der Waals surface area contributed by atoms with Crippen molar-refractivity contribution >= 4 is 22.7 Å². The summed E-state index contributed by atoms with van der Waals surface area (Å²) >= 11 is 0. The standard InChI is InChI=1S/C27H33N3O3/c1-5-6-15-28(2)27(32)24-20-12-7-8-13-21(20)26(31)30(16-17-33-4)25(24)22-18-29(3)23-14-10-9-11-19(22)23/h7-14,18,24-25H,5-6,15-17H2,1-4H3/t24-,25?/m0/s1. The summed E-state index contributed by atoms with van der Waals surface area (Å²) in [6.07, 6.45) is 4.04. The van der Waals surface area contributed by atoms with Crippen molar-refractivity contribution in [3.8, 4) is 0 Å². The first-order valence-electron chi connectivity index (χ1n) is 11.7. The van der Waals surface area contributed by atoms with Crippen LogP contribution in [0.4, 0.5) is 0 Å². The molecule has 0 saturated carbocycles. The van der Waals surface area contributed by atoms with E-state index in [1.807, 2.05) is 60.3 Å². The number of rotatable bonds is 8. The maximum atomic E-state index is 14.0. The lowest BCUT2D eigenvalue weighted by molar-refractivity contribution is -0.133. The molecule has 0 bridgehead atoms. The highest BCUT2D eigenvalue weighted by atomic mass is 16.5. The van der Waals surface area contributed by atoms with Crippen molar-refractivity contribution in [3.05, 3.63) is 71.4 Å². The van der Waals surface area contributed by atoms with E-state index in [9.17, 15) is 9.59 Å². The number of hydrogen-bond acceptors (Lipinski definition) is 3. The second-order valence-electron chi connectivity index (χ2n) is 8.83. The van der Waals surface area contributed by atoms with Gasteiger partial charge in [-0.25, -0.2) is 0 Å². The van der Waals surface area contributed by atoms with Crippen LogP contribution in [-0.2, 0) is 16.6 Å². The van der Waals surface area contributed by atoms with Crippen molar-refractivity contribution in [2.75, 3.05) is 33.9 Å². The molecule has 0 N–H and O–H groups in total. The van der Waals surface area contributed by atoms with Crippen LogP contribution < -0.4 is 0 Å². The van der Waals surface area contributed by atoms with Gasteiger partial charge >= 0.3 is 0 Å².